The van der Waals surface area contributed by atoms with E-state index in [1.807, 2.05) is 19.0 Å². The van der Waals surface area contributed by atoms with E-state index in [4.69, 9.17) is 25.6 Å². The number of aromatic nitrogens is 1. The maximum Gasteiger partial charge on any atom is 0.343 e. The standard InChI is InChI=1S/C24H31ClN2O6/c1-9-11-17(18(25)14-19(29)32-24(3,4)5)21-20(23(30)31-8)22(33-26-21)16(15(2)28)12-10-13-27(6)7/h9,11,16H,13-14H2,1-8H3/b11-9-,18-17-. The Bertz CT molecular complexity index is 1000. The molecular formula is C24H31ClN2O6. The monoisotopic (exact) mass is 478 g/mol. The molecule has 0 aliphatic carbocycles. The smallest absolute Gasteiger partial charge is 0.343 e. The number of methoxy groups -OCH3 is 1. The van der Waals surface area contributed by atoms with Crippen LogP contribution in [0.25, 0.3) is 5.57 Å². The molecule has 1 atom stereocenters. The van der Waals surface area contributed by atoms with Crippen molar-refractivity contribution in [3.8, 4) is 11.8 Å². The summed E-state index contributed by atoms with van der Waals surface area (Å²) in [6.45, 7) is 8.72. The molecule has 1 unspecified atom stereocenters. The lowest BCUT2D eigenvalue weighted by molar-refractivity contribution is -0.153. The summed E-state index contributed by atoms with van der Waals surface area (Å²) in [4.78, 5) is 39.2. The molecule has 0 spiro atoms. The van der Waals surface area contributed by atoms with E-state index < -0.39 is 23.5 Å². The molecule has 0 fully saturated rings. The summed E-state index contributed by atoms with van der Waals surface area (Å²) >= 11 is 6.47. The normalized spacial score (nSPS) is 13.3. The van der Waals surface area contributed by atoms with Crippen LogP contribution in [0.4, 0.5) is 0 Å². The van der Waals surface area contributed by atoms with Crippen molar-refractivity contribution in [2.24, 2.45) is 0 Å². The first-order chi connectivity index (χ1) is 15.3. The summed E-state index contributed by atoms with van der Waals surface area (Å²) in [6, 6.07) is 0. The van der Waals surface area contributed by atoms with Crippen LogP contribution < -0.4 is 0 Å². The van der Waals surface area contributed by atoms with Gasteiger partial charge in [0.05, 0.1) is 20.1 Å². The fraction of sp³-hybridized carbons (Fsp3) is 0.500. The van der Waals surface area contributed by atoms with E-state index in [0.29, 0.717) is 6.54 Å². The Kier molecular flexibility index (Phi) is 10.6. The summed E-state index contributed by atoms with van der Waals surface area (Å²) in [5.74, 6) is 3.00. The van der Waals surface area contributed by atoms with Gasteiger partial charge < -0.3 is 14.0 Å². The van der Waals surface area contributed by atoms with Crippen LogP contribution in [-0.4, -0.2) is 61.1 Å². The lowest BCUT2D eigenvalue weighted by Gasteiger charge is -2.19. The predicted octanol–water partition coefficient (Wildman–Crippen LogP) is 3.96. The van der Waals surface area contributed by atoms with Gasteiger partial charge in [0.1, 0.15) is 22.8 Å². The molecule has 0 aliphatic rings. The van der Waals surface area contributed by atoms with Crippen LogP contribution in [0.15, 0.2) is 21.7 Å². The summed E-state index contributed by atoms with van der Waals surface area (Å²) in [5, 5.41) is 4.09. The van der Waals surface area contributed by atoms with Gasteiger partial charge in [-0.25, -0.2) is 4.79 Å². The van der Waals surface area contributed by atoms with Crippen molar-refractivity contribution < 1.29 is 28.4 Å². The highest BCUT2D eigenvalue weighted by Crippen LogP contribution is 2.33. The Balaban J connectivity index is 3.63. The Hall–Kier alpha value is -2.89. The zero-order valence-corrected chi connectivity index (χ0v) is 21.1. The average Bonchev–Trinajstić information content (AvgIpc) is 3.10. The Morgan fingerprint density at radius 3 is 2.39 bits per heavy atom. The minimum Gasteiger partial charge on any atom is -0.465 e. The SMILES string of the molecule is C/C=C\C(=C(\Cl)CC(=O)OC(C)(C)C)c1noc(C(C#CCN(C)C)C(C)=O)c1C(=O)OC. The van der Waals surface area contributed by atoms with Crippen molar-refractivity contribution >= 4 is 34.9 Å². The molecule has 0 aliphatic heterocycles. The third-order valence-electron chi connectivity index (χ3n) is 4.02. The molecule has 0 bridgehead atoms. The third-order valence-corrected chi connectivity index (χ3v) is 4.36. The molecule has 33 heavy (non-hydrogen) atoms. The number of halogens is 1. The van der Waals surface area contributed by atoms with Gasteiger partial charge in [-0.1, -0.05) is 40.8 Å². The molecule has 0 aromatic carbocycles. The molecule has 0 saturated heterocycles. The summed E-state index contributed by atoms with van der Waals surface area (Å²) < 4.78 is 15.7. The second-order valence-corrected chi connectivity index (χ2v) is 8.90. The first kappa shape index (κ1) is 28.1. The van der Waals surface area contributed by atoms with E-state index in [1.165, 1.54) is 14.0 Å². The molecule has 0 N–H and O–H groups in total. The number of nitrogens with zero attached hydrogens (tertiary/aromatic N) is 2. The highest BCUT2D eigenvalue weighted by atomic mass is 35.5. The fourth-order valence-corrected chi connectivity index (χ4v) is 2.97. The minimum absolute atomic E-state index is 0.0423. The van der Waals surface area contributed by atoms with E-state index in [0.717, 1.165) is 0 Å². The van der Waals surface area contributed by atoms with E-state index in [2.05, 4.69) is 17.0 Å². The van der Waals surface area contributed by atoms with Crippen LogP contribution >= 0.6 is 11.6 Å². The molecule has 1 aromatic rings. The van der Waals surface area contributed by atoms with E-state index in [1.54, 1.807) is 39.8 Å². The number of Topliss-reactive ketones (excluding diaryl/α,β-unsaturated/α-hetero) is 1. The molecule has 0 saturated carbocycles. The van der Waals surface area contributed by atoms with Crippen LogP contribution in [0.3, 0.4) is 0 Å². The second kappa shape index (κ2) is 12.4. The number of esters is 2. The van der Waals surface area contributed by atoms with E-state index in [9.17, 15) is 14.4 Å². The maximum absolute atomic E-state index is 12.7. The maximum atomic E-state index is 12.7. The van der Waals surface area contributed by atoms with Crippen LogP contribution in [0.1, 0.15) is 68.8 Å². The van der Waals surface area contributed by atoms with Crippen LogP contribution in [0.5, 0.6) is 0 Å². The van der Waals surface area contributed by atoms with Gasteiger partial charge in [0, 0.05) is 10.6 Å². The van der Waals surface area contributed by atoms with Crippen LogP contribution in [0, 0.1) is 11.8 Å². The fourth-order valence-electron chi connectivity index (χ4n) is 2.70. The Morgan fingerprint density at radius 1 is 1.27 bits per heavy atom. The zero-order valence-electron chi connectivity index (χ0n) is 20.4. The highest BCUT2D eigenvalue weighted by molar-refractivity contribution is 6.34. The van der Waals surface area contributed by atoms with Crippen molar-refractivity contribution in [1.82, 2.24) is 10.1 Å². The van der Waals surface area contributed by atoms with Crippen molar-refractivity contribution in [1.29, 1.82) is 0 Å². The lowest BCUT2D eigenvalue weighted by Crippen LogP contribution is -2.23. The molecule has 180 valence electrons. The molecule has 1 aromatic heterocycles. The number of carbonyl (C=O) groups excluding carboxylic acids is 3. The van der Waals surface area contributed by atoms with E-state index >= 15 is 0 Å². The highest BCUT2D eigenvalue weighted by Gasteiger charge is 2.33. The van der Waals surface area contributed by atoms with Crippen molar-refractivity contribution in [2.75, 3.05) is 27.7 Å². The number of ether oxygens (including phenoxy) is 2. The summed E-state index contributed by atoms with van der Waals surface area (Å²) in [7, 11) is 4.88. The lowest BCUT2D eigenvalue weighted by atomic mass is 9.95. The first-order valence-corrected chi connectivity index (χ1v) is 10.6. The number of ketones is 1. The molecular weight excluding hydrogens is 448 g/mol. The summed E-state index contributed by atoms with van der Waals surface area (Å²) in [6.07, 6.45) is 3.00. The molecule has 9 heteroatoms. The number of hydrogen-bond acceptors (Lipinski definition) is 8. The Morgan fingerprint density at radius 2 is 1.91 bits per heavy atom. The topological polar surface area (TPSA) is 98.9 Å². The molecule has 1 rings (SSSR count). The summed E-state index contributed by atoms with van der Waals surface area (Å²) in [5.41, 5.74) is -0.451. The van der Waals surface area contributed by atoms with Gasteiger partial charge >= 0.3 is 11.9 Å². The first-order valence-electron chi connectivity index (χ1n) is 10.3. The Labute approximate surface area is 199 Å². The minimum atomic E-state index is -1.03. The third kappa shape index (κ3) is 8.52. The van der Waals surface area contributed by atoms with Gasteiger partial charge in [0.25, 0.3) is 0 Å². The number of allylic oxidation sites excluding steroid dienone is 3. The van der Waals surface area contributed by atoms with Crippen molar-refractivity contribution in [3.05, 3.63) is 34.2 Å². The second-order valence-electron chi connectivity index (χ2n) is 8.45. The number of rotatable bonds is 8. The largest absolute Gasteiger partial charge is 0.465 e. The number of carbonyl (C=O) groups is 3. The molecule has 8 nitrogen and oxygen atoms in total. The van der Waals surface area contributed by atoms with Gasteiger partial charge in [0.15, 0.2) is 11.5 Å². The van der Waals surface area contributed by atoms with Gasteiger partial charge in [-0.2, -0.15) is 0 Å². The number of hydrogen-bond donors (Lipinski definition) is 0. The van der Waals surface area contributed by atoms with Gasteiger partial charge in [0.2, 0.25) is 0 Å². The molecule has 0 amide bonds. The van der Waals surface area contributed by atoms with E-state index in [-0.39, 0.29) is 39.8 Å². The van der Waals surface area contributed by atoms with Gasteiger partial charge in [-0.3, -0.25) is 14.5 Å². The van der Waals surface area contributed by atoms with Gasteiger partial charge in [-0.05, 0) is 48.7 Å². The quantitative estimate of drug-likeness (QED) is 0.314. The average molecular weight is 479 g/mol. The zero-order chi connectivity index (χ0) is 25.3. The van der Waals surface area contributed by atoms with Crippen LogP contribution in [0.2, 0.25) is 0 Å². The van der Waals surface area contributed by atoms with Crippen molar-refractivity contribution in [2.45, 2.75) is 52.6 Å². The molecule has 1 heterocycles. The van der Waals surface area contributed by atoms with Crippen LogP contribution in [-0.2, 0) is 19.1 Å². The van der Waals surface area contributed by atoms with Crippen molar-refractivity contribution in [3.63, 3.8) is 0 Å². The molecule has 0 radical (unpaired) electrons. The predicted molar refractivity (Wildman–Crippen MR) is 126 cm³/mol. The van der Waals surface area contributed by atoms with Gasteiger partial charge in [-0.15, -0.1) is 0 Å².